The zero-order valence-corrected chi connectivity index (χ0v) is 47.0. The normalized spacial score (nSPS) is 42.1. The third kappa shape index (κ3) is 8.46. The Morgan fingerprint density at radius 1 is 0.650 bits per heavy atom. The molecule has 7 unspecified atom stereocenters. The molecule has 306 valence electrons. The fraction of sp³-hybridized carbons (Fsp3) is 0.676. The Kier molecular flexibility index (Phi) is 16.0. The Morgan fingerprint density at radius 2 is 1.02 bits per heavy atom. The van der Waals surface area contributed by atoms with Crippen LogP contribution in [-0.4, -0.2) is 50.6 Å². The summed E-state index contributed by atoms with van der Waals surface area (Å²) < 4.78 is 48.3. The molecule has 2 spiro atoms. The molecule has 10 aliphatic rings. The van der Waals surface area contributed by atoms with Crippen LogP contribution in [0.4, 0.5) is 0 Å². The van der Waals surface area contributed by atoms with Gasteiger partial charge in [0.15, 0.2) is 24.5 Å². The molecule has 0 radical (unpaired) electrons. The van der Waals surface area contributed by atoms with Gasteiger partial charge in [-0.25, -0.2) is 14.3 Å². The number of alkyl halides is 2. The fourth-order valence-electron chi connectivity index (χ4n) is 12.7. The number of phosphoric acid groups is 1. The van der Waals surface area contributed by atoms with Gasteiger partial charge in [-0.05, 0) is 124 Å². The second kappa shape index (κ2) is 18.2. The topological polar surface area (TPSA) is 171 Å². The Labute approximate surface area is 457 Å². The van der Waals surface area contributed by atoms with Gasteiger partial charge in [0.05, 0.1) is 23.3 Å². The molecule has 8 saturated carbocycles. The van der Waals surface area contributed by atoms with Crippen molar-refractivity contribution in [1.82, 2.24) is 0 Å². The SMILES string of the molecule is CP(=O)([O-])Oc1cc(C2(OCCOC3(c4ccc(Cl)c(OP(=O)(O)O)c4)OOC34C3CC5CC4CC(Cl)(C5)C3)OOC23C2CC4CC3CC(Cl)(C4)C2)ccc1Cl.[Na+].[Na+].[Na+].[Na+]. The monoisotopic (exact) mass is 987 g/mol. The van der Waals surface area contributed by atoms with Crippen molar-refractivity contribution < 1.29 is 180 Å². The average Bonchev–Trinajstić information content (AvgIpc) is 3.05. The van der Waals surface area contributed by atoms with Crippen molar-refractivity contribution in [3.8, 4) is 11.5 Å². The molecule has 2 saturated heterocycles. The van der Waals surface area contributed by atoms with Crippen molar-refractivity contribution in [1.29, 1.82) is 0 Å². The number of hydrogen-bond acceptors (Lipinski definition) is 11. The molecule has 8 aliphatic carbocycles. The van der Waals surface area contributed by atoms with Crippen LogP contribution in [0, 0.1) is 35.5 Å². The summed E-state index contributed by atoms with van der Waals surface area (Å²) in [5.41, 5.74) is -1.06. The van der Waals surface area contributed by atoms with E-state index in [2.05, 4.69) is 0 Å². The van der Waals surface area contributed by atoms with Gasteiger partial charge in [0.1, 0.15) is 5.75 Å². The minimum absolute atomic E-state index is 0. The van der Waals surface area contributed by atoms with E-state index in [1.165, 1.54) is 18.2 Å². The molecule has 2 heterocycles. The zero-order chi connectivity index (χ0) is 39.3. The molecule has 7 atom stereocenters. The predicted molar refractivity (Wildman–Crippen MR) is 199 cm³/mol. The summed E-state index contributed by atoms with van der Waals surface area (Å²) in [5, 5.41) is 0.0826. The second-order valence-electron chi connectivity index (χ2n) is 17.6. The van der Waals surface area contributed by atoms with E-state index in [0.717, 1.165) is 45.2 Å². The van der Waals surface area contributed by atoms with Crippen LogP contribution in [0.25, 0.3) is 0 Å². The van der Waals surface area contributed by atoms with Crippen molar-refractivity contribution in [3.05, 3.63) is 57.6 Å². The summed E-state index contributed by atoms with van der Waals surface area (Å²) in [6, 6.07) is 9.36. The minimum atomic E-state index is -4.99. The molecule has 2 N–H and O–H groups in total. The van der Waals surface area contributed by atoms with E-state index in [0.29, 0.717) is 48.6 Å². The van der Waals surface area contributed by atoms with Crippen molar-refractivity contribution >= 4 is 61.8 Å². The average molecular weight is 989 g/mol. The smallest absolute Gasteiger partial charge is 0.769 e. The van der Waals surface area contributed by atoms with Crippen LogP contribution >= 0.6 is 61.8 Å². The number of rotatable bonds is 11. The maximum atomic E-state index is 12.3. The summed E-state index contributed by atoms with van der Waals surface area (Å²) in [5.74, 6) is -2.64. The van der Waals surface area contributed by atoms with Gasteiger partial charge in [0, 0.05) is 27.5 Å². The summed E-state index contributed by atoms with van der Waals surface area (Å²) in [6.07, 6.45) is 8.10. The Balaban J connectivity index is 0.00000151. The van der Waals surface area contributed by atoms with E-state index < -0.39 is 38.2 Å². The number of benzene rings is 2. The van der Waals surface area contributed by atoms with Gasteiger partial charge in [-0.15, -0.1) is 23.2 Å². The quantitative estimate of drug-likeness (QED) is 0.0738. The number of ether oxygens (including phenoxy) is 2. The van der Waals surface area contributed by atoms with Gasteiger partial charge in [0.25, 0.3) is 11.6 Å². The van der Waals surface area contributed by atoms with Crippen molar-refractivity contribution in [3.63, 3.8) is 0 Å². The number of halogens is 4. The molecule has 13 nitrogen and oxygen atoms in total. The van der Waals surface area contributed by atoms with Crippen LogP contribution in [0.2, 0.25) is 10.0 Å². The van der Waals surface area contributed by atoms with Crippen LogP contribution in [0.3, 0.4) is 0 Å². The van der Waals surface area contributed by atoms with Crippen LogP contribution in [0.15, 0.2) is 36.4 Å². The van der Waals surface area contributed by atoms with Crippen molar-refractivity contribution in [2.45, 2.75) is 96.7 Å². The van der Waals surface area contributed by atoms with E-state index in [1.807, 2.05) is 0 Å². The Morgan fingerprint density at radius 3 is 1.32 bits per heavy atom. The summed E-state index contributed by atoms with van der Waals surface area (Å²) in [7, 11) is -9.23. The third-order valence-corrected chi connectivity index (χ3v) is 16.6. The van der Waals surface area contributed by atoms with Gasteiger partial charge in [0.2, 0.25) is 0 Å². The standard InChI is InChI=1S/C37H42Cl4O13P2.4Na/c1-55(42,43)49-30-12-22(2-4-28(30)38)36(34(51-53-36)24-8-20-9-25(34)17-32(40,14-20)16-24)47-6-7-48-37(23-3-5-29(39)31(13-23)50-56(44,45)46)35(52-54-37)26-10-21-11-27(35)19-33(41,15-21)18-26;;;;/h2-5,12-13,20-21,24-27H,6-11,14-19H2,1H3,(H,42,43)(H2,44,45,46);;;;/q;4*+1/p-1. The molecule has 0 aromatic heterocycles. The van der Waals surface area contributed by atoms with E-state index in [-0.39, 0.29) is 186 Å². The first-order valence-electron chi connectivity index (χ1n) is 19.0. The molecule has 60 heavy (non-hydrogen) atoms. The van der Waals surface area contributed by atoms with E-state index in [4.69, 9.17) is 84.5 Å². The fourth-order valence-corrected chi connectivity index (χ4v) is 15.3. The molecule has 2 aromatic carbocycles. The van der Waals surface area contributed by atoms with Gasteiger partial charge >= 0.3 is 126 Å². The first-order chi connectivity index (χ1) is 26.3. The van der Waals surface area contributed by atoms with Gasteiger partial charge < -0.3 is 23.4 Å². The van der Waals surface area contributed by atoms with E-state index in [9.17, 15) is 23.8 Å². The summed E-state index contributed by atoms with van der Waals surface area (Å²) in [4.78, 5) is 55.7. The molecular weight excluding hydrogens is 948 g/mol. The largest absolute Gasteiger partial charge is 1.00 e. The van der Waals surface area contributed by atoms with Crippen LogP contribution in [0.1, 0.15) is 75.3 Å². The minimum Gasteiger partial charge on any atom is -0.769 e. The van der Waals surface area contributed by atoms with Gasteiger partial charge in [-0.2, -0.15) is 9.78 Å². The summed E-state index contributed by atoms with van der Waals surface area (Å²) >= 11 is 27.2. The Bertz CT molecular complexity index is 1910. The molecule has 2 aliphatic heterocycles. The maximum Gasteiger partial charge on any atom is 1.00 e. The molecular formula is C37H41Cl4Na4O13P2+3. The molecule has 10 fully saturated rings. The number of hydrogen-bond donors (Lipinski definition) is 2. The first-order valence-corrected chi connectivity index (χ1v) is 24.1. The maximum absolute atomic E-state index is 12.3. The van der Waals surface area contributed by atoms with E-state index in [1.54, 1.807) is 18.2 Å². The predicted octanol–water partition coefficient (Wildman–Crippen LogP) is -3.88. The van der Waals surface area contributed by atoms with Crippen molar-refractivity contribution in [2.75, 3.05) is 19.9 Å². The molecule has 2 aromatic rings. The van der Waals surface area contributed by atoms with E-state index >= 15 is 0 Å². The zero-order valence-electron chi connectivity index (χ0n) is 34.2. The molecule has 12 rings (SSSR count). The van der Waals surface area contributed by atoms with Crippen molar-refractivity contribution in [2.24, 2.45) is 35.5 Å². The Hall–Kier alpha value is 3.30. The third-order valence-electron chi connectivity index (χ3n) is 14.1. The second-order valence-corrected chi connectivity index (χ2v) is 22.9. The van der Waals surface area contributed by atoms with Gasteiger partial charge in [-0.1, -0.05) is 35.3 Å². The van der Waals surface area contributed by atoms with Crippen LogP contribution < -0.4 is 132 Å². The first kappa shape index (κ1) is 52.7. The number of phosphoric ester groups is 1. The molecule has 23 heteroatoms. The van der Waals surface area contributed by atoms with Crippen LogP contribution in [0.5, 0.6) is 11.5 Å². The van der Waals surface area contributed by atoms with Gasteiger partial charge in [-0.3, -0.25) is 14.4 Å². The molecule has 8 bridgehead atoms. The summed E-state index contributed by atoms with van der Waals surface area (Å²) in [6.45, 7) is 0.831. The van der Waals surface area contributed by atoms with Crippen LogP contribution in [-0.2, 0) is 49.7 Å². The molecule has 0 amide bonds.